The summed E-state index contributed by atoms with van der Waals surface area (Å²) in [6.45, 7) is 0.824. The van der Waals surface area contributed by atoms with Crippen molar-refractivity contribution in [2.45, 2.75) is 30.2 Å². The Kier molecular flexibility index (Phi) is 7.20. The second-order valence-electron chi connectivity index (χ2n) is 7.78. The number of carboxylic acid groups (broad SMARTS) is 1. The van der Waals surface area contributed by atoms with Crippen LogP contribution in [-0.4, -0.2) is 60.6 Å². The van der Waals surface area contributed by atoms with Crippen molar-refractivity contribution < 1.29 is 24.1 Å². The Bertz CT molecular complexity index is 1130. The van der Waals surface area contributed by atoms with Crippen LogP contribution < -0.4 is 14.6 Å². The fourth-order valence-electron chi connectivity index (χ4n) is 4.34. The normalized spacial score (nSPS) is 18.3. The van der Waals surface area contributed by atoms with Gasteiger partial charge in [0.25, 0.3) is 0 Å². The van der Waals surface area contributed by atoms with Crippen LogP contribution in [0, 0.1) is 0 Å². The number of hydrogen-bond donors (Lipinski definition) is 0. The van der Waals surface area contributed by atoms with Gasteiger partial charge in [-0.1, -0.05) is 36.0 Å². The van der Waals surface area contributed by atoms with E-state index in [2.05, 4.69) is 9.97 Å². The monoisotopic (exact) mass is 468 g/mol. The van der Waals surface area contributed by atoms with Crippen LogP contribution >= 0.6 is 11.8 Å². The number of nitrogens with zero attached hydrogens (tertiary/aromatic N) is 3. The first-order chi connectivity index (χ1) is 16.0. The highest BCUT2D eigenvalue weighted by atomic mass is 32.2. The first-order valence-electron chi connectivity index (χ1n) is 10.6. The minimum absolute atomic E-state index is 0.0372. The zero-order valence-electron chi connectivity index (χ0n) is 18.8. The van der Waals surface area contributed by atoms with Crippen molar-refractivity contribution in [2.75, 3.05) is 33.6 Å². The van der Waals surface area contributed by atoms with Crippen molar-refractivity contribution in [1.29, 1.82) is 0 Å². The zero-order valence-corrected chi connectivity index (χ0v) is 19.6. The molecule has 1 aliphatic rings. The molecule has 3 aromatic rings. The summed E-state index contributed by atoms with van der Waals surface area (Å²) in [6.07, 6.45) is 4.54. The molecule has 1 fully saturated rings. The molecule has 0 radical (unpaired) electrons. The second-order valence-corrected chi connectivity index (χ2v) is 8.55. The molecule has 1 aromatic heterocycles. The first-order valence-corrected chi connectivity index (χ1v) is 11.8. The summed E-state index contributed by atoms with van der Waals surface area (Å²) in [5.74, 6) is 1.40. The first kappa shape index (κ1) is 23.1. The molecular formula is C24H26N3O5S-. The molecule has 1 aliphatic heterocycles. The standard InChI is InChI=1S/C24H27N3O5S/c1-30-20-10-15(22(31-2)19-7-5-4-6-18(19)20)14-32-21-13-27(24(28)29)9-8-17(21)16-11-25-23(33-3)26-12-16/h4-7,10-12,17,21H,8-9,13-14H2,1-3H3,(H,28,29)/p-1. The Morgan fingerprint density at radius 1 is 1.18 bits per heavy atom. The van der Waals surface area contributed by atoms with Crippen molar-refractivity contribution in [3.8, 4) is 11.5 Å². The lowest BCUT2D eigenvalue weighted by Crippen LogP contribution is -2.51. The molecule has 1 amide bonds. The Hall–Kier alpha value is -3.04. The molecule has 2 unspecified atom stereocenters. The number of amides is 1. The van der Waals surface area contributed by atoms with Gasteiger partial charge in [0.05, 0.1) is 26.9 Å². The topological polar surface area (TPSA) is 96.8 Å². The van der Waals surface area contributed by atoms with E-state index in [9.17, 15) is 9.90 Å². The van der Waals surface area contributed by atoms with Gasteiger partial charge < -0.3 is 29.0 Å². The summed E-state index contributed by atoms with van der Waals surface area (Å²) in [7, 11) is 3.26. The number of aromatic nitrogens is 2. The summed E-state index contributed by atoms with van der Waals surface area (Å²) in [6, 6.07) is 9.76. The van der Waals surface area contributed by atoms with Crippen molar-refractivity contribution in [3.63, 3.8) is 0 Å². The fourth-order valence-corrected chi connectivity index (χ4v) is 4.66. The highest BCUT2D eigenvalue weighted by Crippen LogP contribution is 2.38. The molecule has 0 spiro atoms. The van der Waals surface area contributed by atoms with E-state index in [-0.39, 0.29) is 25.2 Å². The van der Waals surface area contributed by atoms with Gasteiger partial charge in [-0.25, -0.2) is 9.97 Å². The molecule has 2 atom stereocenters. The van der Waals surface area contributed by atoms with Crippen LogP contribution in [0.1, 0.15) is 23.5 Å². The van der Waals surface area contributed by atoms with E-state index < -0.39 is 6.09 Å². The van der Waals surface area contributed by atoms with Gasteiger partial charge in [-0.15, -0.1) is 0 Å². The van der Waals surface area contributed by atoms with Crippen molar-refractivity contribution in [2.24, 2.45) is 0 Å². The molecule has 4 rings (SSSR count). The highest BCUT2D eigenvalue weighted by Gasteiger charge is 2.32. The predicted molar refractivity (Wildman–Crippen MR) is 124 cm³/mol. The van der Waals surface area contributed by atoms with Crippen LogP contribution in [-0.2, 0) is 11.3 Å². The number of benzene rings is 2. The molecule has 0 N–H and O–H groups in total. The van der Waals surface area contributed by atoms with Gasteiger partial charge >= 0.3 is 0 Å². The fraction of sp³-hybridized carbons (Fsp3) is 0.375. The molecule has 2 heterocycles. The van der Waals surface area contributed by atoms with Crippen LogP contribution in [0.15, 0.2) is 47.9 Å². The van der Waals surface area contributed by atoms with Gasteiger partial charge in [-0.2, -0.15) is 0 Å². The Morgan fingerprint density at radius 3 is 2.55 bits per heavy atom. The lowest BCUT2D eigenvalue weighted by Gasteiger charge is -2.39. The van der Waals surface area contributed by atoms with Gasteiger partial charge in [0, 0.05) is 47.7 Å². The molecule has 2 aromatic carbocycles. The number of thioether (sulfide) groups is 1. The lowest BCUT2D eigenvalue weighted by molar-refractivity contribution is -0.268. The van der Waals surface area contributed by atoms with Gasteiger partial charge in [-0.3, -0.25) is 0 Å². The molecular weight excluding hydrogens is 442 g/mol. The second kappa shape index (κ2) is 10.3. The molecule has 1 saturated heterocycles. The third-order valence-corrected chi connectivity index (χ3v) is 6.56. The third-order valence-electron chi connectivity index (χ3n) is 5.99. The van der Waals surface area contributed by atoms with Crippen molar-refractivity contribution in [1.82, 2.24) is 14.9 Å². The number of rotatable bonds is 7. The molecule has 33 heavy (non-hydrogen) atoms. The van der Waals surface area contributed by atoms with E-state index in [0.717, 1.165) is 27.6 Å². The van der Waals surface area contributed by atoms with Crippen LogP contribution in [0.2, 0.25) is 0 Å². The summed E-state index contributed by atoms with van der Waals surface area (Å²) in [4.78, 5) is 21.6. The molecule has 174 valence electrons. The predicted octanol–water partition coefficient (Wildman–Crippen LogP) is 3.09. The van der Waals surface area contributed by atoms with Gasteiger partial charge in [0.15, 0.2) is 5.16 Å². The van der Waals surface area contributed by atoms with E-state index in [1.807, 2.05) is 36.6 Å². The van der Waals surface area contributed by atoms with Crippen LogP contribution in [0.4, 0.5) is 4.79 Å². The largest absolute Gasteiger partial charge is 0.530 e. The molecule has 0 bridgehead atoms. The Balaban J connectivity index is 1.63. The van der Waals surface area contributed by atoms with E-state index in [4.69, 9.17) is 14.2 Å². The zero-order chi connectivity index (χ0) is 23.4. The smallest absolute Gasteiger partial charge is 0.187 e. The number of carbonyl (C=O) groups is 1. The Morgan fingerprint density at radius 2 is 1.91 bits per heavy atom. The van der Waals surface area contributed by atoms with E-state index in [1.54, 1.807) is 26.6 Å². The van der Waals surface area contributed by atoms with Crippen LogP contribution in [0.25, 0.3) is 10.8 Å². The number of ether oxygens (including phenoxy) is 3. The number of carbonyl (C=O) groups excluding carboxylic acids is 1. The summed E-state index contributed by atoms with van der Waals surface area (Å²) in [5, 5.41) is 14.1. The number of piperidine rings is 1. The number of hydrogen-bond acceptors (Lipinski definition) is 8. The van der Waals surface area contributed by atoms with Crippen LogP contribution in [0.5, 0.6) is 11.5 Å². The van der Waals surface area contributed by atoms with Gasteiger partial charge in [0.1, 0.15) is 17.6 Å². The molecule has 0 aliphatic carbocycles. The quantitative estimate of drug-likeness (QED) is 0.386. The van der Waals surface area contributed by atoms with E-state index >= 15 is 0 Å². The summed E-state index contributed by atoms with van der Waals surface area (Å²) in [5.41, 5.74) is 1.75. The minimum Gasteiger partial charge on any atom is -0.530 e. The molecule has 8 nitrogen and oxygen atoms in total. The van der Waals surface area contributed by atoms with E-state index in [0.29, 0.717) is 23.9 Å². The van der Waals surface area contributed by atoms with E-state index in [1.165, 1.54) is 16.7 Å². The summed E-state index contributed by atoms with van der Waals surface area (Å²) >= 11 is 1.47. The minimum atomic E-state index is -1.19. The molecule has 9 heteroatoms. The maximum atomic E-state index is 11.5. The van der Waals surface area contributed by atoms with Gasteiger partial charge in [-0.05, 0) is 24.3 Å². The number of likely N-dealkylation sites (tertiary alicyclic amines) is 1. The average Bonchev–Trinajstić information content (AvgIpc) is 2.86. The highest BCUT2D eigenvalue weighted by molar-refractivity contribution is 7.98. The Labute approximate surface area is 196 Å². The van der Waals surface area contributed by atoms with Crippen molar-refractivity contribution in [3.05, 3.63) is 53.9 Å². The maximum absolute atomic E-state index is 11.5. The number of fused-ring (bicyclic) bond motifs is 1. The van der Waals surface area contributed by atoms with Crippen LogP contribution in [0.3, 0.4) is 0 Å². The maximum Gasteiger partial charge on any atom is 0.187 e. The van der Waals surface area contributed by atoms with Crippen molar-refractivity contribution >= 4 is 28.6 Å². The summed E-state index contributed by atoms with van der Waals surface area (Å²) < 4.78 is 17.7. The van der Waals surface area contributed by atoms with Gasteiger partial charge in [0.2, 0.25) is 0 Å². The third kappa shape index (κ3) is 4.84. The average molecular weight is 469 g/mol. The number of methoxy groups -OCH3 is 2. The molecule has 0 saturated carbocycles. The SMILES string of the molecule is COc1cc(COC2CN(C(=O)[O-])CCC2c2cnc(SC)nc2)c(OC)c2ccccc12. The lowest BCUT2D eigenvalue weighted by atomic mass is 9.88.